The fraction of sp³-hybridized carbons (Fsp3) is 0.917. The number of carbonyl (C=O) groups excluding carboxylic acids is 1. The highest BCUT2D eigenvalue weighted by Gasteiger charge is 2.25. The van der Waals surface area contributed by atoms with E-state index >= 15 is 0 Å². The first-order valence-electron chi connectivity index (χ1n) is 6.19. The van der Waals surface area contributed by atoms with Gasteiger partial charge >= 0.3 is 0 Å². The fourth-order valence-electron chi connectivity index (χ4n) is 2.14. The third-order valence-electron chi connectivity index (χ3n) is 3.17. The molecule has 1 saturated heterocycles. The van der Waals surface area contributed by atoms with Gasteiger partial charge in [0, 0.05) is 24.5 Å². The van der Waals surface area contributed by atoms with Crippen molar-refractivity contribution in [2.45, 2.75) is 71.0 Å². The van der Waals surface area contributed by atoms with Crippen LogP contribution in [0.2, 0.25) is 0 Å². The zero-order valence-corrected chi connectivity index (χ0v) is 10.2. The highest BCUT2D eigenvalue weighted by molar-refractivity contribution is 5.76. The Morgan fingerprint density at radius 2 is 2.13 bits per heavy atom. The molecule has 0 bridgehead atoms. The van der Waals surface area contributed by atoms with E-state index in [-0.39, 0.29) is 5.91 Å². The van der Waals surface area contributed by atoms with E-state index in [1.807, 2.05) is 0 Å². The average Bonchev–Trinajstić information content (AvgIpc) is 2.19. The zero-order chi connectivity index (χ0) is 11.3. The van der Waals surface area contributed by atoms with Gasteiger partial charge in [0.1, 0.15) is 0 Å². The van der Waals surface area contributed by atoms with Gasteiger partial charge in [-0.25, -0.2) is 0 Å². The quantitative estimate of drug-likeness (QED) is 0.746. The Morgan fingerprint density at radius 1 is 1.40 bits per heavy atom. The van der Waals surface area contributed by atoms with Gasteiger partial charge in [0.25, 0.3) is 0 Å². The van der Waals surface area contributed by atoms with Crippen molar-refractivity contribution in [2.24, 2.45) is 0 Å². The number of amides is 1. The lowest BCUT2D eigenvalue weighted by molar-refractivity contribution is -0.122. The summed E-state index contributed by atoms with van der Waals surface area (Å²) in [5.41, 5.74) is 0. The van der Waals surface area contributed by atoms with Crippen molar-refractivity contribution >= 4 is 5.91 Å². The van der Waals surface area contributed by atoms with Crippen LogP contribution in [0.1, 0.15) is 52.9 Å². The molecule has 0 aromatic heterocycles. The summed E-state index contributed by atoms with van der Waals surface area (Å²) in [7, 11) is 0. The summed E-state index contributed by atoms with van der Waals surface area (Å²) in [6.45, 7) is 6.46. The molecule has 0 radical (unpaired) electrons. The van der Waals surface area contributed by atoms with Gasteiger partial charge in [-0.2, -0.15) is 0 Å². The van der Waals surface area contributed by atoms with Crippen molar-refractivity contribution in [1.82, 2.24) is 10.6 Å². The number of carbonyl (C=O) groups is 1. The highest BCUT2D eigenvalue weighted by Crippen LogP contribution is 2.13. The third kappa shape index (κ3) is 4.20. The molecule has 0 aromatic carbocycles. The molecule has 2 N–H and O–H groups in total. The van der Waals surface area contributed by atoms with Gasteiger partial charge in [0.15, 0.2) is 0 Å². The molecule has 15 heavy (non-hydrogen) atoms. The average molecular weight is 212 g/mol. The standard InChI is InChI=1S/C12H24N2O/c1-4-5-6-12(15)14-11-8-7-9(2)13-10(11)3/h9-11,13H,4-8H2,1-3H3,(H,14,15). The minimum absolute atomic E-state index is 0.213. The van der Waals surface area contributed by atoms with Crippen LogP contribution in [0.4, 0.5) is 0 Å². The van der Waals surface area contributed by atoms with E-state index in [0.29, 0.717) is 24.5 Å². The number of hydrogen-bond acceptors (Lipinski definition) is 2. The Morgan fingerprint density at radius 3 is 2.73 bits per heavy atom. The number of piperidine rings is 1. The van der Waals surface area contributed by atoms with Crippen LogP contribution >= 0.6 is 0 Å². The van der Waals surface area contributed by atoms with Crippen LogP contribution in [-0.4, -0.2) is 24.0 Å². The Labute approximate surface area is 93.0 Å². The van der Waals surface area contributed by atoms with Crippen molar-refractivity contribution < 1.29 is 4.79 Å². The second-order valence-corrected chi connectivity index (χ2v) is 4.71. The summed E-state index contributed by atoms with van der Waals surface area (Å²) in [6.07, 6.45) is 5.02. The first-order valence-corrected chi connectivity index (χ1v) is 6.19. The lowest BCUT2D eigenvalue weighted by atomic mass is 9.95. The monoisotopic (exact) mass is 212 g/mol. The SMILES string of the molecule is CCCCC(=O)NC1CCC(C)NC1C. The summed E-state index contributed by atoms with van der Waals surface area (Å²) in [6, 6.07) is 1.31. The van der Waals surface area contributed by atoms with E-state index in [0.717, 1.165) is 25.7 Å². The normalized spacial score (nSPS) is 31.3. The molecular formula is C12H24N2O. The molecule has 3 unspecified atom stereocenters. The zero-order valence-electron chi connectivity index (χ0n) is 10.2. The smallest absolute Gasteiger partial charge is 0.220 e. The first-order chi connectivity index (χ1) is 7.13. The van der Waals surface area contributed by atoms with E-state index in [4.69, 9.17) is 0 Å². The van der Waals surface area contributed by atoms with Crippen molar-refractivity contribution in [3.63, 3.8) is 0 Å². The summed E-state index contributed by atoms with van der Waals surface area (Å²) in [5, 5.41) is 6.60. The predicted molar refractivity (Wildman–Crippen MR) is 62.7 cm³/mol. The summed E-state index contributed by atoms with van der Waals surface area (Å²) < 4.78 is 0. The summed E-state index contributed by atoms with van der Waals surface area (Å²) >= 11 is 0. The van der Waals surface area contributed by atoms with E-state index in [1.54, 1.807) is 0 Å². The van der Waals surface area contributed by atoms with Crippen LogP contribution in [0.5, 0.6) is 0 Å². The Balaban J connectivity index is 2.28. The largest absolute Gasteiger partial charge is 0.352 e. The summed E-state index contributed by atoms with van der Waals surface area (Å²) in [5.74, 6) is 0.213. The molecule has 3 nitrogen and oxygen atoms in total. The van der Waals surface area contributed by atoms with Gasteiger partial charge in [0.05, 0.1) is 0 Å². The van der Waals surface area contributed by atoms with Gasteiger partial charge in [-0.3, -0.25) is 4.79 Å². The second-order valence-electron chi connectivity index (χ2n) is 4.71. The molecule has 1 heterocycles. The fourth-order valence-corrected chi connectivity index (χ4v) is 2.14. The minimum atomic E-state index is 0.213. The molecule has 0 saturated carbocycles. The molecule has 1 fully saturated rings. The number of unbranched alkanes of at least 4 members (excludes halogenated alkanes) is 1. The predicted octanol–water partition coefficient (Wildman–Crippen LogP) is 1.82. The second kappa shape index (κ2) is 6.11. The van der Waals surface area contributed by atoms with E-state index < -0.39 is 0 Å². The van der Waals surface area contributed by atoms with Crippen LogP contribution in [0.25, 0.3) is 0 Å². The van der Waals surface area contributed by atoms with Gasteiger partial charge in [-0.05, 0) is 33.1 Å². The lowest BCUT2D eigenvalue weighted by Crippen LogP contribution is -2.54. The lowest BCUT2D eigenvalue weighted by Gasteiger charge is -2.34. The first kappa shape index (κ1) is 12.5. The van der Waals surface area contributed by atoms with Crippen molar-refractivity contribution in [2.75, 3.05) is 0 Å². The molecule has 1 aliphatic heterocycles. The van der Waals surface area contributed by atoms with Gasteiger partial charge in [0.2, 0.25) is 5.91 Å². The molecule has 3 heteroatoms. The van der Waals surface area contributed by atoms with Crippen molar-refractivity contribution in [1.29, 1.82) is 0 Å². The third-order valence-corrected chi connectivity index (χ3v) is 3.17. The molecule has 1 amide bonds. The van der Waals surface area contributed by atoms with Crippen LogP contribution in [-0.2, 0) is 4.79 Å². The summed E-state index contributed by atoms with van der Waals surface area (Å²) in [4.78, 5) is 11.6. The number of nitrogens with one attached hydrogen (secondary N) is 2. The van der Waals surface area contributed by atoms with Crippen LogP contribution < -0.4 is 10.6 Å². The topological polar surface area (TPSA) is 41.1 Å². The van der Waals surface area contributed by atoms with E-state index in [9.17, 15) is 4.79 Å². The van der Waals surface area contributed by atoms with Gasteiger partial charge < -0.3 is 10.6 Å². The van der Waals surface area contributed by atoms with Crippen LogP contribution in [0.3, 0.4) is 0 Å². The molecule has 0 aliphatic carbocycles. The van der Waals surface area contributed by atoms with Crippen molar-refractivity contribution in [3.05, 3.63) is 0 Å². The number of rotatable bonds is 4. The molecule has 1 rings (SSSR count). The van der Waals surface area contributed by atoms with Gasteiger partial charge in [-0.15, -0.1) is 0 Å². The minimum Gasteiger partial charge on any atom is -0.352 e. The van der Waals surface area contributed by atoms with E-state index in [2.05, 4.69) is 31.4 Å². The van der Waals surface area contributed by atoms with Crippen LogP contribution in [0, 0.1) is 0 Å². The molecule has 0 aromatic rings. The van der Waals surface area contributed by atoms with Crippen molar-refractivity contribution in [3.8, 4) is 0 Å². The van der Waals surface area contributed by atoms with E-state index in [1.165, 1.54) is 0 Å². The highest BCUT2D eigenvalue weighted by atomic mass is 16.1. The van der Waals surface area contributed by atoms with Gasteiger partial charge in [-0.1, -0.05) is 13.3 Å². The number of hydrogen-bond donors (Lipinski definition) is 2. The molecule has 0 spiro atoms. The molecule has 1 aliphatic rings. The molecule has 3 atom stereocenters. The maximum atomic E-state index is 11.6. The Bertz CT molecular complexity index is 206. The molecule has 88 valence electrons. The Kier molecular flexibility index (Phi) is 5.09. The van der Waals surface area contributed by atoms with Crippen LogP contribution in [0.15, 0.2) is 0 Å². The molecular weight excluding hydrogens is 188 g/mol. The maximum absolute atomic E-state index is 11.6. The maximum Gasteiger partial charge on any atom is 0.220 e. The Hall–Kier alpha value is -0.570.